The quantitative estimate of drug-likeness (QED) is 0.503. The second-order valence-corrected chi connectivity index (χ2v) is 6.28. The van der Waals surface area contributed by atoms with Gasteiger partial charge in [0.05, 0.1) is 12.2 Å². The van der Waals surface area contributed by atoms with E-state index in [2.05, 4.69) is 10.3 Å². The van der Waals surface area contributed by atoms with Crippen molar-refractivity contribution in [3.8, 4) is 17.4 Å². The number of amides is 1. The number of hydrogen-bond donors (Lipinski definition) is 1. The highest BCUT2D eigenvalue weighted by molar-refractivity contribution is 5.96. The number of ether oxygens (including phenoxy) is 3. The molecule has 1 aromatic heterocycles. The van der Waals surface area contributed by atoms with Crippen LogP contribution in [0.4, 0.5) is 4.39 Å². The minimum absolute atomic E-state index is 0.242. The second kappa shape index (κ2) is 10.9. The van der Waals surface area contributed by atoms with Gasteiger partial charge in [0.1, 0.15) is 23.9 Å². The summed E-state index contributed by atoms with van der Waals surface area (Å²) < 4.78 is 29.4. The van der Waals surface area contributed by atoms with Crippen molar-refractivity contribution >= 4 is 5.91 Å². The van der Waals surface area contributed by atoms with Gasteiger partial charge in [0.15, 0.2) is 0 Å². The van der Waals surface area contributed by atoms with Gasteiger partial charge in [-0.15, -0.1) is 0 Å². The molecular weight excluding hydrogens is 387 g/mol. The van der Waals surface area contributed by atoms with Gasteiger partial charge in [0, 0.05) is 25.4 Å². The van der Waals surface area contributed by atoms with Gasteiger partial charge >= 0.3 is 0 Å². The molecule has 0 radical (unpaired) electrons. The number of aromatic nitrogens is 1. The minimum atomic E-state index is -0.331. The van der Waals surface area contributed by atoms with Gasteiger partial charge in [0.2, 0.25) is 5.88 Å². The van der Waals surface area contributed by atoms with Crippen LogP contribution < -0.4 is 14.8 Å². The molecule has 0 aliphatic rings. The van der Waals surface area contributed by atoms with Gasteiger partial charge in [-0.25, -0.2) is 9.37 Å². The number of hydrogen-bond acceptors (Lipinski definition) is 5. The fourth-order valence-electron chi connectivity index (χ4n) is 2.61. The van der Waals surface area contributed by atoms with Crippen LogP contribution in [-0.4, -0.2) is 30.7 Å². The molecule has 2 aromatic carbocycles. The van der Waals surface area contributed by atoms with Gasteiger partial charge in [-0.05, 0) is 48.9 Å². The predicted octanol–water partition coefficient (Wildman–Crippen LogP) is 4.36. The van der Waals surface area contributed by atoms with Crippen molar-refractivity contribution < 1.29 is 23.4 Å². The second-order valence-electron chi connectivity index (χ2n) is 6.28. The number of halogens is 1. The number of benzene rings is 2. The molecule has 3 rings (SSSR count). The Labute approximate surface area is 174 Å². The molecule has 1 N–H and O–H groups in total. The first-order valence-electron chi connectivity index (χ1n) is 9.62. The van der Waals surface area contributed by atoms with Crippen molar-refractivity contribution in [2.45, 2.75) is 13.5 Å². The molecule has 0 saturated carbocycles. The maximum absolute atomic E-state index is 12.9. The summed E-state index contributed by atoms with van der Waals surface area (Å²) in [5, 5.41) is 2.86. The molecule has 3 aromatic rings. The summed E-state index contributed by atoms with van der Waals surface area (Å²) >= 11 is 0. The Balaban J connectivity index is 1.54. The number of rotatable bonds is 10. The molecule has 6 nitrogen and oxygen atoms in total. The number of nitrogens with one attached hydrogen (secondary N) is 1. The van der Waals surface area contributed by atoms with Crippen LogP contribution in [0.5, 0.6) is 17.4 Å². The number of carbonyl (C=O) groups excluding carboxylic acids is 1. The normalized spacial score (nSPS) is 10.5. The van der Waals surface area contributed by atoms with Crippen LogP contribution in [0.25, 0.3) is 0 Å². The fourth-order valence-corrected chi connectivity index (χ4v) is 2.61. The smallest absolute Gasteiger partial charge is 0.255 e. The molecule has 0 saturated heterocycles. The summed E-state index contributed by atoms with van der Waals surface area (Å²) in [5.41, 5.74) is 1.27. The first-order valence-corrected chi connectivity index (χ1v) is 9.62. The predicted molar refractivity (Wildman–Crippen MR) is 110 cm³/mol. The Morgan fingerprint density at radius 2 is 1.83 bits per heavy atom. The lowest BCUT2D eigenvalue weighted by Gasteiger charge is -2.12. The Bertz CT molecular complexity index is 946. The van der Waals surface area contributed by atoms with Gasteiger partial charge in [-0.3, -0.25) is 4.79 Å². The van der Waals surface area contributed by atoms with E-state index >= 15 is 0 Å². The number of para-hydroxylation sites is 1. The van der Waals surface area contributed by atoms with Crippen LogP contribution in [0, 0.1) is 5.82 Å². The highest BCUT2D eigenvalue weighted by atomic mass is 19.1. The zero-order valence-corrected chi connectivity index (χ0v) is 16.6. The lowest BCUT2D eigenvalue weighted by Crippen LogP contribution is -2.23. The van der Waals surface area contributed by atoms with E-state index in [0.717, 1.165) is 5.56 Å². The van der Waals surface area contributed by atoms with Crippen LogP contribution in [-0.2, 0) is 11.3 Å². The maximum Gasteiger partial charge on any atom is 0.255 e. The Morgan fingerprint density at radius 1 is 1.03 bits per heavy atom. The molecule has 0 fully saturated rings. The number of pyridine rings is 1. The average Bonchev–Trinajstić information content (AvgIpc) is 2.78. The molecule has 1 amide bonds. The van der Waals surface area contributed by atoms with Crippen molar-refractivity contribution in [3.63, 3.8) is 0 Å². The average molecular weight is 410 g/mol. The van der Waals surface area contributed by atoms with E-state index in [1.54, 1.807) is 36.5 Å². The molecule has 156 valence electrons. The SMILES string of the molecule is CCOCCOc1ccccc1C(=O)NCc1ccc(Oc2ccc(F)cc2)nc1. The zero-order chi connectivity index (χ0) is 21.2. The molecule has 1 heterocycles. The number of nitrogens with zero attached hydrogens (tertiary/aromatic N) is 1. The van der Waals surface area contributed by atoms with Crippen molar-refractivity contribution in [1.82, 2.24) is 10.3 Å². The fraction of sp³-hybridized carbons (Fsp3) is 0.217. The van der Waals surface area contributed by atoms with Crippen LogP contribution in [0.2, 0.25) is 0 Å². The lowest BCUT2D eigenvalue weighted by molar-refractivity contribution is 0.0934. The molecule has 0 atom stereocenters. The van der Waals surface area contributed by atoms with Crippen molar-refractivity contribution in [2.24, 2.45) is 0 Å². The Kier molecular flexibility index (Phi) is 7.74. The third-order valence-corrected chi connectivity index (χ3v) is 4.11. The first kappa shape index (κ1) is 21.3. The molecule has 30 heavy (non-hydrogen) atoms. The molecule has 0 unspecified atom stereocenters. The first-order chi connectivity index (χ1) is 14.7. The van der Waals surface area contributed by atoms with Gasteiger partial charge in [-0.2, -0.15) is 0 Å². The number of carbonyl (C=O) groups is 1. The van der Waals surface area contributed by atoms with E-state index in [4.69, 9.17) is 14.2 Å². The molecule has 0 aliphatic carbocycles. The molecule has 7 heteroatoms. The molecule has 0 bridgehead atoms. The van der Waals surface area contributed by atoms with E-state index in [0.29, 0.717) is 49.3 Å². The van der Waals surface area contributed by atoms with E-state index in [1.165, 1.54) is 24.3 Å². The molecule has 0 spiro atoms. The summed E-state index contributed by atoms with van der Waals surface area (Å²) in [6.07, 6.45) is 1.61. The third kappa shape index (κ3) is 6.28. The van der Waals surface area contributed by atoms with Gasteiger partial charge in [0.25, 0.3) is 5.91 Å². The van der Waals surface area contributed by atoms with E-state index in [1.807, 2.05) is 13.0 Å². The van der Waals surface area contributed by atoms with Crippen LogP contribution in [0.15, 0.2) is 66.9 Å². The van der Waals surface area contributed by atoms with Crippen LogP contribution >= 0.6 is 0 Å². The van der Waals surface area contributed by atoms with E-state index < -0.39 is 0 Å². The summed E-state index contributed by atoms with van der Waals surface area (Å²) in [4.78, 5) is 16.8. The summed E-state index contributed by atoms with van der Waals surface area (Å²) in [6.45, 7) is 3.67. The standard InChI is InChI=1S/C23H23FN2O4/c1-2-28-13-14-29-21-6-4-3-5-20(21)23(27)26-16-17-7-12-22(25-15-17)30-19-10-8-18(24)9-11-19/h3-12,15H,2,13-14,16H2,1H3,(H,26,27). The summed E-state index contributed by atoms with van der Waals surface area (Å²) in [7, 11) is 0. The highest BCUT2D eigenvalue weighted by Gasteiger charge is 2.12. The minimum Gasteiger partial charge on any atom is -0.490 e. The van der Waals surface area contributed by atoms with Crippen molar-refractivity contribution in [3.05, 3.63) is 83.8 Å². The maximum atomic E-state index is 12.9. The highest BCUT2D eigenvalue weighted by Crippen LogP contribution is 2.20. The summed E-state index contributed by atoms with van der Waals surface area (Å²) in [6, 6.07) is 16.2. The largest absolute Gasteiger partial charge is 0.490 e. The lowest BCUT2D eigenvalue weighted by atomic mass is 10.2. The van der Waals surface area contributed by atoms with Crippen LogP contribution in [0.3, 0.4) is 0 Å². The summed E-state index contributed by atoms with van der Waals surface area (Å²) in [5.74, 6) is 0.808. The Hall–Kier alpha value is -3.45. The van der Waals surface area contributed by atoms with Gasteiger partial charge < -0.3 is 19.5 Å². The van der Waals surface area contributed by atoms with Crippen LogP contribution in [0.1, 0.15) is 22.8 Å². The van der Waals surface area contributed by atoms with E-state index in [-0.39, 0.29) is 11.7 Å². The van der Waals surface area contributed by atoms with Crippen molar-refractivity contribution in [2.75, 3.05) is 19.8 Å². The third-order valence-electron chi connectivity index (χ3n) is 4.11. The van der Waals surface area contributed by atoms with Crippen molar-refractivity contribution in [1.29, 1.82) is 0 Å². The monoisotopic (exact) mass is 410 g/mol. The molecular formula is C23H23FN2O4. The molecule has 0 aliphatic heterocycles. The topological polar surface area (TPSA) is 69.7 Å². The van der Waals surface area contributed by atoms with E-state index in [9.17, 15) is 9.18 Å². The Morgan fingerprint density at radius 3 is 2.57 bits per heavy atom. The van der Waals surface area contributed by atoms with Gasteiger partial charge in [-0.1, -0.05) is 18.2 Å². The zero-order valence-electron chi connectivity index (χ0n) is 16.6.